The summed E-state index contributed by atoms with van der Waals surface area (Å²) in [6.07, 6.45) is -0.540. The van der Waals surface area contributed by atoms with Gasteiger partial charge in [0, 0.05) is 12.6 Å². The molecule has 23 heavy (non-hydrogen) atoms. The first-order valence-corrected chi connectivity index (χ1v) is 7.57. The van der Waals surface area contributed by atoms with Crippen molar-refractivity contribution in [3.05, 3.63) is 47.3 Å². The maximum Gasteiger partial charge on any atom is 0.226 e. The molecule has 0 aliphatic rings. The van der Waals surface area contributed by atoms with E-state index in [1.54, 1.807) is 37.3 Å². The minimum atomic E-state index is -0.772. The Morgan fingerprint density at radius 1 is 1.35 bits per heavy atom. The van der Waals surface area contributed by atoms with E-state index in [2.05, 4.69) is 10.5 Å². The quantitative estimate of drug-likeness (QED) is 0.817. The van der Waals surface area contributed by atoms with Crippen molar-refractivity contribution >= 4 is 5.91 Å². The van der Waals surface area contributed by atoms with Crippen molar-refractivity contribution in [2.24, 2.45) is 0 Å². The van der Waals surface area contributed by atoms with Crippen LogP contribution in [0.1, 0.15) is 37.0 Å². The van der Waals surface area contributed by atoms with Crippen molar-refractivity contribution in [1.29, 1.82) is 0 Å². The van der Waals surface area contributed by atoms with Gasteiger partial charge in [-0.2, -0.15) is 0 Å². The van der Waals surface area contributed by atoms with Crippen LogP contribution in [0, 0.1) is 6.92 Å². The molecule has 1 amide bonds. The summed E-state index contributed by atoms with van der Waals surface area (Å²) in [5, 5.41) is 16.6. The normalized spacial score (nSPS) is 12.2. The van der Waals surface area contributed by atoms with E-state index < -0.39 is 6.10 Å². The third kappa shape index (κ3) is 5.41. The Hall–Kier alpha value is -2.34. The van der Waals surface area contributed by atoms with Crippen molar-refractivity contribution in [2.45, 2.75) is 39.4 Å². The summed E-state index contributed by atoms with van der Waals surface area (Å²) in [5.41, 5.74) is 1.29. The predicted molar refractivity (Wildman–Crippen MR) is 85.1 cm³/mol. The molecule has 0 saturated carbocycles. The highest BCUT2D eigenvalue weighted by Gasteiger charge is 2.12. The first kappa shape index (κ1) is 17.0. The lowest BCUT2D eigenvalue weighted by molar-refractivity contribution is -0.121. The first-order valence-electron chi connectivity index (χ1n) is 7.57. The van der Waals surface area contributed by atoms with Crippen LogP contribution in [0.4, 0.5) is 0 Å². The average molecular weight is 318 g/mol. The number of ether oxygens (including phenoxy) is 1. The largest absolute Gasteiger partial charge is 0.491 e. The van der Waals surface area contributed by atoms with Crippen LogP contribution >= 0.6 is 0 Å². The Bertz CT molecular complexity index is 634. The second-order valence-corrected chi connectivity index (χ2v) is 5.66. The molecule has 124 valence electrons. The molecule has 1 atom stereocenters. The molecule has 6 nitrogen and oxygen atoms in total. The third-order valence-electron chi connectivity index (χ3n) is 3.15. The SMILES string of the molecule is Cc1cc(CC(=O)NCC(O)c2ccc(OC(C)C)cc2)no1. The Labute approximate surface area is 135 Å². The summed E-state index contributed by atoms with van der Waals surface area (Å²) in [5.74, 6) is 1.20. The number of nitrogens with zero attached hydrogens (tertiary/aromatic N) is 1. The van der Waals surface area contributed by atoms with Crippen LogP contribution in [-0.2, 0) is 11.2 Å². The van der Waals surface area contributed by atoms with Gasteiger partial charge in [0.25, 0.3) is 0 Å². The number of aromatic nitrogens is 1. The summed E-state index contributed by atoms with van der Waals surface area (Å²) < 4.78 is 10.5. The highest BCUT2D eigenvalue weighted by molar-refractivity contribution is 5.78. The predicted octanol–water partition coefficient (Wildman–Crippen LogP) is 2.16. The van der Waals surface area contributed by atoms with Crippen LogP contribution in [0.25, 0.3) is 0 Å². The maximum atomic E-state index is 11.8. The minimum absolute atomic E-state index is 0.102. The van der Waals surface area contributed by atoms with Gasteiger partial charge in [-0.1, -0.05) is 17.3 Å². The maximum absolute atomic E-state index is 11.8. The molecule has 2 aromatic rings. The standard InChI is InChI=1S/C17H22N2O4/c1-11(2)22-15-6-4-13(5-7-15)16(20)10-18-17(21)9-14-8-12(3)23-19-14/h4-8,11,16,20H,9-10H2,1-3H3,(H,18,21). The number of hydrogen-bond donors (Lipinski definition) is 2. The lowest BCUT2D eigenvalue weighted by atomic mass is 10.1. The van der Waals surface area contributed by atoms with E-state index in [1.165, 1.54) is 0 Å². The van der Waals surface area contributed by atoms with Crippen LogP contribution in [0.5, 0.6) is 5.75 Å². The van der Waals surface area contributed by atoms with Crippen LogP contribution in [-0.4, -0.2) is 28.8 Å². The van der Waals surface area contributed by atoms with Gasteiger partial charge in [-0.3, -0.25) is 4.79 Å². The summed E-state index contributed by atoms with van der Waals surface area (Å²) in [6, 6.07) is 8.89. The van der Waals surface area contributed by atoms with E-state index in [9.17, 15) is 9.90 Å². The van der Waals surface area contributed by atoms with E-state index in [4.69, 9.17) is 9.26 Å². The molecule has 0 aliphatic heterocycles. The second-order valence-electron chi connectivity index (χ2n) is 5.66. The van der Waals surface area contributed by atoms with Crippen LogP contribution in [0.15, 0.2) is 34.9 Å². The third-order valence-corrected chi connectivity index (χ3v) is 3.15. The lowest BCUT2D eigenvalue weighted by Crippen LogP contribution is -2.29. The molecule has 6 heteroatoms. The summed E-state index contributed by atoms with van der Waals surface area (Å²) in [4.78, 5) is 11.8. The van der Waals surface area contributed by atoms with Crippen molar-refractivity contribution in [2.75, 3.05) is 6.54 Å². The fourth-order valence-electron chi connectivity index (χ4n) is 2.10. The number of carbonyl (C=O) groups is 1. The summed E-state index contributed by atoms with van der Waals surface area (Å²) >= 11 is 0. The number of amides is 1. The van der Waals surface area contributed by atoms with E-state index in [0.717, 1.165) is 11.3 Å². The molecule has 1 aromatic carbocycles. The zero-order chi connectivity index (χ0) is 16.8. The lowest BCUT2D eigenvalue weighted by Gasteiger charge is -2.14. The van der Waals surface area contributed by atoms with Gasteiger partial charge >= 0.3 is 0 Å². The van der Waals surface area contributed by atoms with E-state index in [1.807, 2.05) is 13.8 Å². The highest BCUT2D eigenvalue weighted by atomic mass is 16.5. The zero-order valence-corrected chi connectivity index (χ0v) is 13.6. The molecular formula is C17H22N2O4. The Morgan fingerprint density at radius 2 is 2.04 bits per heavy atom. The van der Waals surface area contributed by atoms with E-state index >= 15 is 0 Å². The Kier molecular flexibility index (Phi) is 5.76. The number of aliphatic hydroxyl groups excluding tert-OH is 1. The van der Waals surface area contributed by atoms with Gasteiger partial charge in [0.15, 0.2) is 0 Å². The number of hydrogen-bond acceptors (Lipinski definition) is 5. The molecule has 0 aliphatic carbocycles. The minimum Gasteiger partial charge on any atom is -0.491 e. The number of aliphatic hydroxyl groups is 1. The second kappa shape index (κ2) is 7.78. The fourth-order valence-corrected chi connectivity index (χ4v) is 2.10. The van der Waals surface area contributed by atoms with Gasteiger partial charge in [-0.05, 0) is 38.5 Å². The number of nitrogens with one attached hydrogen (secondary N) is 1. The Balaban J connectivity index is 1.81. The van der Waals surface area contributed by atoms with Crippen LogP contribution in [0.2, 0.25) is 0 Å². The first-order chi connectivity index (χ1) is 10.9. The molecule has 1 unspecified atom stereocenters. The molecule has 2 rings (SSSR count). The molecule has 0 saturated heterocycles. The number of benzene rings is 1. The van der Waals surface area contributed by atoms with E-state index in [-0.39, 0.29) is 25.0 Å². The van der Waals surface area contributed by atoms with Crippen molar-refractivity contribution in [3.63, 3.8) is 0 Å². The molecule has 2 N–H and O–H groups in total. The van der Waals surface area contributed by atoms with Gasteiger partial charge in [-0.25, -0.2) is 0 Å². The Morgan fingerprint density at radius 3 is 2.61 bits per heavy atom. The van der Waals surface area contributed by atoms with Gasteiger partial charge in [0.05, 0.1) is 24.3 Å². The van der Waals surface area contributed by atoms with E-state index in [0.29, 0.717) is 11.5 Å². The molecule has 0 radical (unpaired) electrons. The van der Waals surface area contributed by atoms with Crippen molar-refractivity contribution in [1.82, 2.24) is 10.5 Å². The molecule has 0 spiro atoms. The summed E-state index contributed by atoms with van der Waals surface area (Å²) in [6.45, 7) is 5.81. The van der Waals surface area contributed by atoms with Gasteiger partial charge in [0.1, 0.15) is 11.5 Å². The van der Waals surface area contributed by atoms with Crippen LogP contribution in [0.3, 0.4) is 0 Å². The highest BCUT2D eigenvalue weighted by Crippen LogP contribution is 2.18. The number of carbonyl (C=O) groups excluding carboxylic acids is 1. The van der Waals surface area contributed by atoms with Crippen molar-refractivity contribution in [3.8, 4) is 5.75 Å². The molecular weight excluding hydrogens is 296 g/mol. The molecule has 1 heterocycles. The van der Waals surface area contributed by atoms with Crippen molar-refractivity contribution < 1.29 is 19.2 Å². The fraction of sp³-hybridized carbons (Fsp3) is 0.412. The molecule has 0 fully saturated rings. The van der Waals surface area contributed by atoms with Gasteiger partial charge in [0.2, 0.25) is 5.91 Å². The monoisotopic (exact) mass is 318 g/mol. The average Bonchev–Trinajstić information content (AvgIpc) is 2.90. The topological polar surface area (TPSA) is 84.6 Å². The molecule has 0 bridgehead atoms. The molecule has 1 aromatic heterocycles. The smallest absolute Gasteiger partial charge is 0.226 e. The zero-order valence-electron chi connectivity index (χ0n) is 13.6. The van der Waals surface area contributed by atoms with Gasteiger partial charge in [-0.15, -0.1) is 0 Å². The number of rotatable bonds is 7. The number of aryl methyl sites for hydroxylation is 1. The summed E-state index contributed by atoms with van der Waals surface area (Å²) in [7, 11) is 0. The van der Waals surface area contributed by atoms with Crippen LogP contribution < -0.4 is 10.1 Å². The van der Waals surface area contributed by atoms with Gasteiger partial charge < -0.3 is 19.7 Å².